The van der Waals surface area contributed by atoms with Crippen LogP contribution in [0.15, 0.2) is 46.9 Å². The smallest absolute Gasteiger partial charge is 0.272 e. The zero-order chi connectivity index (χ0) is 18.8. The number of amides is 2. The monoisotopic (exact) mass is 414 g/mol. The predicted molar refractivity (Wildman–Crippen MR) is 105 cm³/mol. The van der Waals surface area contributed by atoms with Crippen molar-refractivity contribution in [2.45, 2.75) is 6.92 Å². The number of carbonyl (C=O) groups is 2. The van der Waals surface area contributed by atoms with Gasteiger partial charge in [0.1, 0.15) is 5.69 Å². The molecule has 134 valence electrons. The SMILES string of the molecule is Cc1cc(Br)ccc1NC(=O)CN(C)C(=O)c1c2ccccc2nn1C. The highest BCUT2D eigenvalue weighted by atomic mass is 79.9. The molecule has 1 N–H and O–H groups in total. The van der Waals surface area contributed by atoms with Crippen LogP contribution in [0, 0.1) is 6.92 Å². The number of anilines is 1. The summed E-state index contributed by atoms with van der Waals surface area (Å²) >= 11 is 3.40. The lowest BCUT2D eigenvalue weighted by Gasteiger charge is -2.17. The van der Waals surface area contributed by atoms with Crippen molar-refractivity contribution in [3.8, 4) is 0 Å². The summed E-state index contributed by atoms with van der Waals surface area (Å²) in [5.74, 6) is -0.498. The number of fused-ring (bicyclic) bond motifs is 1. The number of likely N-dealkylation sites (N-methyl/N-ethyl adjacent to an activating group) is 1. The summed E-state index contributed by atoms with van der Waals surface area (Å²) in [6, 6.07) is 13.1. The Labute approximate surface area is 159 Å². The van der Waals surface area contributed by atoms with Crippen LogP contribution in [0.5, 0.6) is 0 Å². The van der Waals surface area contributed by atoms with Gasteiger partial charge in [0.05, 0.1) is 12.1 Å². The first-order valence-electron chi connectivity index (χ1n) is 8.10. The molecule has 3 aromatic rings. The highest BCUT2D eigenvalue weighted by molar-refractivity contribution is 9.10. The molecule has 0 saturated carbocycles. The lowest BCUT2D eigenvalue weighted by atomic mass is 10.2. The summed E-state index contributed by atoms with van der Waals surface area (Å²) in [4.78, 5) is 26.6. The van der Waals surface area contributed by atoms with Crippen molar-refractivity contribution in [1.82, 2.24) is 14.7 Å². The molecule has 0 unspecified atom stereocenters. The molecule has 26 heavy (non-hydrogen) atoms. The minimum atomic E-state index is -0.252. The van der Waals surface area contributed by atoms with Gasteiger partial charge in [-0.1, -0.05) is 34.1 Å². The van der Waals surface area contributed by atoms with Crippen molar-refractivity contribution in [3.63, 3.8) is 0 Å². The Kier molecular flexibility index (Phi) is 5.08. The largest absolute Gasteiger partial charge is 0.331 e. The number of halogens is 1. The van der Waals surface area contributed by atoms with Gasteiger partial charge in [0, 0.05) is 29.6 Å². The van der Waals surface area contributed by atoms with Crippen LogP contribution in [0.3, 0.4) is 0 Å². The summed E-state index contributed by atoms with van der Waals surface area (Å²) < 4.78 is 2.50. The number of carbonyl (C=O) groups excluding carboxylic acids is 2. The Hall–Kier alpha value is -2.67. The number of hydrogen-bond acceptors (Lipinski definition) is 3. The summed E-state index contributed by atoms with van der Waals surface area (Å²) in [6.07, 6.45) is 0. The van der Waals surface area contributed by atoms with Crippen LogP contribution in [-0.4, -0.2) is 40.1 Å². The first-order chi connectivity index (χ1) is 12.4. The van der Waals surface area contributed by atoms with Crippen molar-refractivity contribution in [2.24, 2.45) is 7.05 Å². The molecule has 0 saturated heterocycles. The Bertz CT molecular complexity index is 996. The van der Waals surface area contributed by atoms with E-state index in [1.807, 2.05) is 49.4 Å². The minimum Gasteiger partial charge on any atom is -0.331 e. The Morgan fingerprint density at radius 2 is 1.96 bits per heavy atom. The molecule has 2 amide bonds. The van der Waals surface area contributed by atoms with Crippen molar-refractivity contribution in [3.05, 3.63) is 58.2 Å². The molecular weight excluding hydrogens is 396 g/mol. The number of aromatic nitrogens is 2. The van der Waals surface area contributed by atoms with Crippen LogP contribution in [0.25, 0.3) is 10.9 Å². The molecular formula is C19H19BrN4O2. The minimum absolute atomic E-state index is 0.0478. The molecule has 0 atom stereocenters. The third-order valence-electron chi connectivity index (χ3n) is 4.13. The fraction of sp³-hybridized carbons (Fsp3) is 0.211. The molecule has 0 spiro atoms. The Balaban J connectivity index is 1.74. The van der Waals surface area contributed by atoms with E-state index in [1.165, 1.54) is 4.90 Å². The molecule has 6 nitrogen and oxygen atoms in total. The zero-order valence-electron chi connectivity index (χ0n) is 14.8. The average Bonchev–Trinajstić information content (AvgIpc) is 2.92. The van der Waals surface area contributed by atoms with Crippen molar-refractivity contribution < 1.29 is 9.59 Å². The van der Waals surface area contributed by atoms with Crippen molar-refractivity contribution in [2.75, 3.05) is 18.9 Å². The van der Waals surface area contributed by atoms with Gasteiger partial charge in [0.15, 0.2) is 0 Å². The lowest BCUT2D eigenvalue weighted by molar-refractivity contribution is -0.116. The van der Waals surface area contributed by atoms with Gasteiger partial charge in [-0.05, 0) is 36.8 Å². The van der Waals surface area contributed by atoms with Gasteiger partial charge in [-0.25, -0.2) is 0 Å². The Morgan fingerprint density at radius 1 is 1.23 bits per heavy atom. The third-order valence-corrected chi connectivity index (χ3v) is 4.63. The molecule has 0 aliphatic heterocycles. The van der Waals surface area contributed by atoms with E-state index >= 15 is 0 Å². The number of rotatable bonds is 4. The normalized spacial score (nSPS) is 10.8. The second kappa shape index (κ2) is 7.29. The molecule has 3 rings (SSSR count). The summed E-state index contributed by atoms with van der Waals surface area (Å²) in [6.45, 7) is 1.87. The molecule has 0 fully saturated rings. The van der Waals surface area contributed by atoms with Gasteiger partial charge >= 0.3 is 0 Å². The summed E-state index contributed by atoms with van der Waals surface area (Å²) in [5.41, 5.74) is 2.89. The number of nitrogens with one attached hydrogen (secondary N) is 1. The molecule has 0 radical (unpaired) electrons. The zero-order valence-corrected chi connectivity index (χ0v) is 16.4. The molecule has 0 aliphatic carbocycles. The first-order valence-corrected chi connectivity index (χ1v) is 8.89. The maximum absolute atomic E-state index is 12.8. The number of hydrogen-bond donors (Lipinski definition) is 1. The van der Waals surface area contributed by atoms with Crippen molar-refractivity contribution in [1.29, 1.82) is 0 Å². The summed E-state index contributed by atoms with van der Waals surface area (Å²) in [5, 5.41) is 7.97. The molecule has 2 aromatic carbocycles. The van der Waals surface area contributed by atoms with Gasteiger partial charge in [0.25, 0.3) is 5.91 Å². The van der Waals surface area contributed by atoms with E-state index in [4.69, 9.17) is 0 Å². The molecule has 1 heterocycles. The second-order valence-corrected chi connectivity index (χ2v) is 7.07. The highest BCUT2D eigenvalue weighted by Gasteiger charge is 2.21. The van der Waals surface area contributed by atoms with Gasteiger partial charge in [-0.2, -0.15) is 5.10 Å². The standard InChI is InChI=1S/C19H19BrN4O2/c1-12-10-13(20)8-9-15(12)21-17(25)11-23(2)19(26)18-14-6-4-5-7-16(14)22-24(18)3/h4-10H,11H2,1-3H3,(H,21,25). The van der Waals surface area contributed by atoms with E-state index in [1.54, 1.807) is 18.8 Å². The quantitative estimate of drug-likeness (QED) is 0.711. The second-order valence-electron chi connectivity index (χ2n) is 6.16. The van der Waals surface area contributed by atoms with Crippen LogP contribution in [0.2, 0.25) is 0 Å². The number of benzene rings is 2. The van der Waals surface area contributed by atoms with Crippen LogP contribution in [-0.2, 0) is 11.8 Å². The van der Waals surface area contributed by atoms with Gasteiger partial charge in [-0.15, -0.1) is 0 Å². The molecule has 1 aromatic heterocycles. The number of nitrogens with zero attached hydrogens (tertiary/aromatic N) is 3. The average molecular weight is 415 g/mol. The third kappa shape index (κ3) is 3.62. The summed E-state index contributed by atoms with van der Waals surface area (Å²) in [7, 11) is 3.34. The molecule has 7 heteroatoms. The van der Waals surface area contributed by atoms with Crippen LogP contribution in [0.1, 0.15) is 16.1 Å². The van der Waals surface area contributed by atoms with Crippen molar-refractivity contribution >= 4 is 44.3 Å². The maximum Gasteiger partial charge on any atom is 0.272 e. The number of aryl methyl sites for hydroxylation is 2. The highest BCUT2D eigenvalue weighted by Crippen LogP contribution is 2.21. The van der Waals surface area contributed by atoms with Crippen LogP contribution >= 0.6 is 15.9 Å². The Morgan fingerprint density at radius 3 is 2.69 bits per heavy atom. The van der Waals surface area contributed by atoms with Gasteiger partial charge in [0.2, 0.25) is 5.91 Å². The van der Waals surface area contributed by atoms with E-state index in [-0.39, 0.29) is 18.4 Å². The van der Waals surface area contributed by atoms with Crippen LogP contribution < -0.4 is 5.32 Å². The molecule has 0 aliphatic rings. The lowest BCUT2D eigenvalue weighted by Crippen LogP contribution is -2.36. The van der Waals surface area contributed by atoms with E-state index in [0.717, 1.165) is 26.6 Å². The van der Waals surface area contributed by atoms with Gasteiger partial charge in [-0.3, -0.25) is 14.3 Å². The first kappa shape index (κ1) is 18.1. The van der Waals surface area contributed by atoms with Crippen LogP contribution in [0.4, 0.5) is 5.69 Å². The van der Waals surface area contributed by atoms with E-state index < -0.39 is 0 Å². The fourth-order valence-corrected chi connectivity index (χ4v) is 3.30. The fourth-order valence-electron chi connectivity index (χ4n) is 2.83. The van der Waals surface area contributed by atoms with E-state index in [0.29, 0.717) is 5.69 Å². The predicted octanol–water partition coefficient (Wildman–Crippen LogP) is 3.35. The van der Waals surface area contributed by atoms with E-state index in [9.17, 15) is 9.59 Å². The van der Waals surface area contributed by atoms with Gasteiger partial charge < -0.3 is 10.2 Å². The maximum atomic E-state index is 12.8. The van der Waals surface area contributed by atoms with E-state index in [2.05, 4.69) is 26.3 Å². The molecule has 0 bridgehead atoms. The topological polar surface area (TPSA) is 67.2 Å².